The van der Waals surface area contributed by atoms with Gasteiger partial charge in [0.2, 0.25) is 0 Å². The van der Waals surface area contributed by atoms with Crippen molar-refractivity contribution >= 4 is 16.9 Å². The van der Waals surface area contributed by atoms with Crippen LogP contribution in [0.2, 0.25) is 0 Å². The van der Waals surface area contributed by atoms with Crippen molar-refractivity contribution in [3.05, 3.63) is 82.6 Å². The second kappa shape index (κ2) is 7.30. The molecule has 1 N–H and O–H groups in total. The van der Waals surface area contributed by atoms with Crippen LogP contribution in [0.1, 0.15) is 17.0 Å². The van der Waals surface area contributed by atoms with Crippen LogP contribution in [-0.4, -0.2) is 17.6 Å². The Morgan fingerprint density at radius 3 is 2.80 bits per heavy atom. The fourth-order valence-electron chi connectivity index (χ4n) is 3.24. The third-order valence-electron chi connectivity index (χ3n) is 4.51. The number of hydrogen-bond acceptors (Lipinski definition) is 3. The van der Waals surface area contributed by atoms with E-state index in [9.17, 15) is 4.39 Å². The Kier molecular flexibility index (Phi) is 4.72. The molecule has 1 atom stereocenters. The maximum absolute atomic E-state index is 13.1. The topological polar surface area (TPSA) is 24.9 Å². The first-order valence-corrected chi connectivity index (χ1v) is 9.33. The molecule has 0 bridgehead atoms. The van der Waals surface area contributed by atoms with Crippen molar-refractivity contribution in [2.24, 2.45) is 0 Å². The summed E-state index contributed by atoms with van der Waals surface area (Å²) >= 11 is 1.80. The van der Waals surface area contributed by atoms with Gasteiger partial charge in [0.1, 0.15) is 5.82 Å². The zero-order chi connectivity index (χ0) is 17.1. The lowest BCUT2D eigenvalue weighted by molar-refractivity contribution is 0.528. The highest BCUT2D eigenvalue weighted by Gasteiger charge is 2.17. The summed E-state index contributed by atoms with van der Waals surface area (Å²) in [4.78, 5) is 5.89. The van der Waals surface area contributed by atoms with Gasteiger partial charge in [0.25, 0.3) is 0 Å². The molecule has 126 valence electrons. The number of pyridine rings is 1. The smallest absolute Gasteiger partial charge is 0.123 e. The predicted octanol–water partition coefficient (Wildman–Crippen LogP) is 4.94. The Morgan fingerprint density at radius 1 is 1.12 bits per heavy atom. The minimum absolute atomic E-state index is 0.211. The quantitative estimate of drug-likeness (QED) is 0.721. The molecule has 0 amide bonds. The van der Waals surface area contributed by atoms with Crippen LogP contribution in [0.4, 0.5) is 4.39 Å². The van der Waals surface area contributed by atoms with Crippen LogP contribution in [0.25, 0.3) is 16.7 Å². The number of rotatable bonds is 4. The molecule has 1 aliphatic heterocycles. The van der Waals surface area contributed by atoms with Gasteiger partial charge >= 0.3 is 0 Å². The molecule has 1 unspecified atom stereocenters. The third kappa shape index (κ3) is 3.86. The average Bonchev–Trinajstić information content (AvgIpc) is 3.18. The summed E-state index contributed by atoms with van der Waals surface area (Å²) in [6.07, 6.45) is 6.03. The van der Waals surface area contributed by atoms with Crippen molar-refractivity contribution in [1.82, 2.24) is 10.3 Å². The lowest BCUT2D eigenvalue weighted by atomic mass is 9.96. The first-order chi connectivity index (χ1) is 12.3. The standard InChI is InChI=1S/C21H19FN2S/c22-18-5-3-15(4-6-18)16-7-9-23-19(12-16)14-20-13-17(8-10-24-20)21-2-1-11-25-21/h1-9,11-12,20,24H,10,13-14H2. The summed E-state index contributed by atoms with van der Waals surface area (Å²) in [6.45, 7) is 0.898. The first kappa shape index (κ1) is 16.2. The minimum atomic E-state index is -0.211. The van der Waals surface area contributed by atoms with E-state index in [1.54, 1.807) is 11.3 Å². The number of aromatic nitrogens is 1. The highest BCUT2D eigenvalue weighted by Crippen LogP contribution is 2.28. The summed E-state index contributed by atoms with van der Waals surface area (Å²) in [7, 11) is 0. The van der Waals surface area contributed by atoms with Gasteiger partial charge in [-0.2, -0.15) is 0 Å². The van der Waals surface area contributed by atoms with Crippen molar-refractivity contribution in [2.45, 2.75) is 18.9 Å². The Hall–Kier alpha value is -2.30. The fraction of sp³-hybridized carbons (Fsp3) is 0.190. The second-order valence-electron chi connectivity index (χ2n) is 6.26. The van der Waals surface area contributed by atoms with Gasteiger partial charge < -0.3 is 5.32 Å². The highest BCUT2D eigenvalue weighted by atomic mass is 32.1. The average molecular weight is 350 g/mol. The second-order valence-corrected chi connectivity index (χ2v) is 7.21. The molecular formula is C21H19FN2S. The molecule has 0 saturated heterocycles. The number of nitrogens with zero attached hydrogens (tertiary/aromatic N) is 1. The molecule has 4 heteroatoms. The Morgan fingerprint density at radius 2 is 2.00 bits per heavy atom. The van der Waals surface area contributed by atoms with E-state index in [0.717, 1.165) is 36.2 Å². The lowest BCUT2D eigenvalue weighted by Gasteiger charge is -2.24. The molecule has 0 radical (unpaired) electrons. The van der Waals surface area contributed by atoms with E-state index < -0.39 is 0 Å². The summed E-state index contributed by atoms with van der Waals surface area (Å²) in [5.41, 5.74) is 4.58. The van der Waals surface area contributed by atoms with Crippen molar-refractivity contribution in [3.8, 4) is 11.1 Å². The monoisotopic (exact) mass is 350 g/mol. The molecule has 2 aromatic heterocycles. The zero-order valence-corrected chi connectivity index (χ0v) is 14.6. The molecule has 3 aromatic rings. The lowest BCUT2D eigenvalue weighted by Crippen LogP contribution is -2.34. The SMILES string of the molecule is Fc1ccc(-c2ccnc(CC3CC(c4cccs4)=CCN3)c2)cc1. The van der Waals surface area contributed by atoms with E-state index in [1.165, 1.54) is 22.6 Å². The molecule has 0 aliphatic carbocycles. The van der Waals surface area contributed by atoms with Crippen molar-refractivity contribution in [2.75, 3.05) is 6.54 Å². The fourth-order valence-corrected chi connectivity index (χ4v) is 4.02. The van der Waals surface area contributed by atoms with Gasteiger partial charge in [-0.05, 0) is 58.8 Å². The number of benzene rings is 1. The summed E-state index contributed by atoms with van der Waals surface area (Å²) in [5.74, 6) is -0.211. The van der Waals surface area contributed by atoms with Crippen LogP contribution in [0.15, 0.2) is 66.2 Å². The molecule has 3 heterocycles. The van der Waals surface area contributed by atoms with Gasteiger partial charge in [-0.3, -0.25) is 4.98 Å². The Bertz CT molecular complexity index is 869. The molecule has 2 nitrogen and oxygen atoms in total. The summed E-state index contributed by atoms with van der Waals surface area (Å²) in [5, 5.41) is 5.69. The van der Waals surface area contributed by atoms with E-state index in [-0.39, 0.29) is 5.82 Å². The summed E-state index contributed by atoms with van der Waals surface area (Å²) in [6, 6.07) is 15.4. The van der Waals surface area contributed by atoms with Crippen LogP contribution < -0.4 is 5.32 Å². The van der Waals surface area contributed by atoms with E-state index in [4.69, 9.17) is 0 Å². The van der Waals surface area contributed by atoms with E-state index in [0.29, 0.717) is 6.04 Å². The molecule has 1 aliphatic rings. The van der Waals surface area contributed by atoms with Gasteiger partial charge in [-0.15, -0.1) is 11.3 Å². The van der Waals surface area contributed by atoms with Crippen LogP contribution in [0.3, 0.4) is 0 Å². The maximum Gasteiger partial charge on any atom is 0.123 e. The van der Waals surface area contributed by atoms with Gasteiger partial charge in [-0.25, -0.2) is 4.39 Å². The van der Waals surface area contributed by atoms with Crippen molar-refractivity contribution in [3.63, 3.8) is 0 Å². The molecule has 0 spiro atoms. The summed E-state index contributed by atoms with van der Waals surface area (Å²) < 4.78 is 13.1. The van der Waals surface area contributed by atoms with Gasteiger partial charge in [0, 0.05) is 35.8 Å². The van der Waals surface area contributed by atoms with Crippen molar-refractivity contribution in [1.29, 1.82) is 0 Å². The minimum Gasteiger partial charge on any atom is -0.310 e. The van der Waals surface area contributed by atoms with E-state index in [1.807, 2.05) is 24.4 Å². The third-order valence-corrected chi connectivity index (χ3v) is 5.45. The van der Waals surface area contributed by atoms with Crippen LogP contribution in [0, 0.1) is 5.82 Å². The molecular weight excluding hydrogens is 331 g/mol. The number of hydrogen-bond donors (Lipinski definition) is 1. The van der Waals surface area contributed by atoms with Gasteiger partial charge in [0.05, 0.1) is 0 Å². The molecule has 4 rings (SSSR count). The molecule has 1 aromatic carbocycles. The predicted molar refractivity (Wildman–Crippen MR) is 102 cm³/mol. The zero-order valence-electron chi connectivity index (χ0n) is 13.8. The van der Waals surface area contributed by atoms with Gasteiger partial charge in [-0.1, -0.05) is 24.3 Å². The normalized spacial score (nSPS) is 17.3. The molecule has 0 fully saturated rings. The first-order valence-electron chi connectivity index (χ1n) is 8.45. The molecule has 25 heavy (non-hydrogen) atoms. The van der Waals surface area contributed by atoms with Crippen LogP contribution >= 0.6 is 11.3 Å². The van der Waals surface area contributed by atoms with Crippen molar-refractivity contribution < 1.29 is 4.39 Å². The number of halogens is 1. The van der Waals surface area contributed by atoms with E-state index >= 15 is 0 Å². The number of nitrogens with one attached hydrogen (secondary N) is 1. The molecule has 0 saturated carbocycles. The van der Waals surface area contributed by atoms with E-state index in [2.05, 4.69) is 40.0 Å². The van der Waals surface area contributed by atoms with Crippen LogP contribution in [-0.2, 0) is 6.42 Å². The van der Waals surface area contributed by atoms with Gasteiger partial charge in [0.15, 0.2) is 0 Å². The van der Waals surface area contributed by atoms with Crippen LogP contribution in [0.5, 0.6) is 0 Å². The number of thiophene rings is 1. The highest BCUT2D eigenvalue weighted by molar-refractivity contribution is 7.11. The largest absolute Gasteiger partial charge is 0.310 e. The Labute approximate surface area is 151 Å². The maximum atomic E-state index is 13.1. The Balaban J connectivity index is 1.49.